The van der Waals surface area contributed by atoms with E-state index in [1.54, 1.807) is 0 Å². The highest BCUT2D eigenvalue weighted by molar-refractivity contribution is 9.10. The Morgan fingerprint density at radius 1 is 1.13 bits per heavy atom. The summed E-state index contributed by atoms with van der Waals surface area (Å²) in [5, 5.41) is 6.27. The summed E-state index contributed by atoms with van der Waals surface area (Å²) in [5.41, 5.74) is 3.49. The standard InChI is InChI=1S/C16H13BrFN3O2/c17-12-3-1-2-11(8-12)10-19-21-16(23)9-15(22)20-14-6-4-13(18)5-7-14/h1-8,10H,9H2,(H,20,22)(H,21,23). The zero-order valence-corrected chi connectivity index (χ0v) is 13.5. The Balaban J connectivity index is 1.80. The topological polar surface area (TPSA) is 70.6 Å². The average molecular weight is 378 g/mol. The van der Waals surface area contributed by atoms with Gasteiger partial charge in [0, 0.05) is 10.2 Å². The molecule has 5 nitrogen and oxygen atoms in total. The Hall–Kier alpha value is -2.54. The van der Waals surface area contributed by atoms with E-state index in [1.807, 2.05) is 24.3 Å². The number of hydrazone groups is 1. The van der Waals surface area contributed by atoms with Gasteiger partial charge in [-0.1, -0.05) is 28.1 Å². The smallest absolute Gasteiger partial charge is 0.249 e. The summed E-state index contributed by atoms with van der Waals surface area (Å²) < 4.78 is 13.6. The van der Waals surface area contributed by atoms with Crippen molar-refractivity contribution in [3.63, 3.8) is 0 Å². The lowest BCUT2D eigenvalue weighted by Crippen LogP contribution is -2.24. The van der Waals surface area contributed by atoms with Crippen LogP contribution in [0.5, 0.6) is 0 Å². The molecule has 118 valence electrons. The van der Waals surface area contributed by atoms with Crippen LogP contribution in [0.4, 0.5) is 10.1 Å². The highest BCUT2D eigenvalue weighted by Gasteiger charge is 2.08. The molecule has 0 aliphatic carbocycles. The van der Waals surface area contributed by atoms with Crippen LogP contribution < -0.4 is 10.7 Å². The van der Waals surface area contributed by atoms with E-state index >= 15 is 0 Å². The lowest BCUT2D eigenvalue weighted by molar-refractivity contribution is -0.126. The number of benzene rings is 2. The van der Waals surface area contributed by atoms with Crippen molar-refractivity contribution in [1.29, 1.82) is 0 Å². The van der Waals surface area contributed by atoms with Gasteiger partial charge in [0.25, 0.3) is 0 Å². The lowest BCUT2D eigenvalue weighted by Gasteiger charge is -2.04. The fraction of sp³-hybridized carbons (Fsp3) is 0.0625. The number of nitrogens with zero attached hydrogens (tertiary/aromatic N) is 1. The van der Waals surface area contributed by atoms with Crippen LogP contribution in [-0.4, -0.2) is 18.0 Å². The summed E-state index contributed by atoms with van der Waals surface area (Å²) in [6.45, 7) is 0. The molecule has 0 heterocycles. The number of nitrogens with one attached hydrogen (secondary N) is 2. The van der Waals surface area contributed by atoms with Crippen LogP contribution in [0.3, 0.4) is 0 Å². The molecular weight excluding hydrogens is 365 g/mol. The number of amides is 2. The molecule has 2 aromatic carbocycles. The van der Waals surface area contributed by atoms with Crippen molar-refractivity contribution in [1.82, 2.24) is 5.43 Å². The molecule has 0 aliphatic rings. The third kappa shape index (κ3) is 5.99. The van der Waals surface area contributed by atoms with Crippen LogP contribution in [0.2, 0.25) is 0 Å². The predicted molar refractivity (Wildman–Crippen MR) is 89.5 cm³/mol. The fourth-order valence-electron chi connectivity index (χ4n) is 1.69. The first kappa shape index (κ1) is 16.8. The molecular formula is C16H13BrFN3O2. The molecule has 0 aliphatic heterocycles. The molecule has 0 aromatic heterocycles. The molecule has 2 rings (SSSR count). The van der Waals surface area contributed by atoms with Gasteiger partial charge in [-0.3, -0.25) is 9.59 Å². The van der Waals surface area contributed by atoms with E-state index in [2.05, 4.69) is 31.8 Å². The lowest BCUT2D eigenvalue weighted by atomic mass is 10.2. The molecule has 0 unspecified atom stereocenters. The van der Waals surface area contributed by atoms with Crippen LogP contribution in [0.15, 0.2) is 58.1 Å². The summed E-state index contributed by atoms with van der Waals surface area (Å²) in [4.78, 5) is 23.3. The predicted octanol–water partition coefficient (Wildman–Crippen LogP) is 3.07. The van der Waals surface area contributed by atoms with Crippen molar-refractivity contribution in [3.05, 3.63) is 64.4 Å². The average Bonchev–Trinajstić information content (AvgIpc) is 2.49. The maximum Gasteiger partial charge on any atom is 0.249 e. The van der Waals surface area contributed by atoms with Gasteiger partial charge in [0.05, 0.1) is 6.21 Å². The third-order valence-electron chi connectivity index (χ3n) is 2.70. The van der Waals surface area contributed by atoms with Crippen LogP contribution in [0.1, 0.15) is 12.0 Å². The largest absolute Gasteiger partial charge is 0.326 e. The Labute approximate surface area is 140 Å². The zero-order chi connectivity index (χ0) is 16.7. The number of hydrogen-bond donors (Lipinski definition) is 2. The zero-order valence-electron chi connectivity index (χ0n) is 11.9. The molecule has 0 atom stereocenters. The van der Waals surface area contributed by atoms with Crippen LogP contribution in [-0.2, 0) is 9.59 Å². The quantitative estimate of drug-likeness (QED) is 0.477. The van der Waals surface area contributed by atoms with Gasteiger partial charge >= 0.3 is 0 Å². The third-order valence-corrected chi connectivity index (χ3v) is 3.19. The molecule has 0 radical (unpaired) electrons. The molecule has 23 heavy (non-hydrogen) atoms. The van der Waals surface area contributed by atoms with Crippen molar-refractivity contribution in [2.75, 3.05) is 5.32 Å². The number of rotatable bonds is 5. The highest BCUT2D eigenvalue weighted by Crippen LogP contribution is 2.10. The minimum Gasteiger partial charge on any atom is -0.326 e. The molecule has 0 bridgehead atoms. The normalized spacial score (nSPS) is 10.5. The summed E-state index contributed by atoms with van der Waals surface area (Å²) >= 11 is 3.33. The van der Waals surface area contributed by atoms with Gasteiger partial charge in [-0.05, 0) is 42.0 Å². The Kier molecular flexibility index (Phi) is 5.99. The Morgan fingerprint density at radius 3 is 2.57 bits per heavy atom. The first-order valence-corrected chi connectivity index (χ1v) is 7.45. The maximum atomic E-state index is 12.7. The molecule has 7 heteroatoms. The Morgan fingerprint density at radius 2 is 1.87 bits per heavy atom. The maximum absolute atomic E-state index is 12.7. The second-order valence-corrected chi connectivity index (χ2v) is 5.50. The molecule has 0 spiro atoms. The van der Waals surface area contributed by atoms with Gasteiger partial charge < -0.3 is 5.32 Å². The fourth-order valence-corrected chi connectivity index (χ4v) is 2.11. The van der Waals surface area contributed by atoms with Gasteiger partial charge in [0.2, 0.25) is 11.8 Å². The summed E-state index contributed by atoms with van der Waals surface area (Å²) in [6.07, 6.45) is 1.09. The van der Waals surface area contributed by atoms with Gasteiger partial charge in [-0.2, -0.15) is 5.10 Å². The number of hydrogen-bond acceptors (Lipinski definition) is 3. The summed E-state index contributed by atoms with van der Waals surface area (Å²) in [7, 11) is 0. The van der Waals surface area contributed by atoms with Crippen molar-refractivity contribution >= 4 is 39.6 Å². The number of carbonyl (C=O) groups is 2. The van der Waals surface area contributed by atoms with E-state index in [0.29, 0.717) is 5.69 Å². The molecule has 2 N–H and O–H groups in total. The van der Waals surface area contributed by atoms with E-state index < -0.39 is 17.6 Å². The second-order valence-electron chi connectivity index (χ2n) is 4.58. The molecule has 0 fully saturated rings. The van der Waals surface area contributed by atoms with E-state index in [0.717, 1.165) is 10.0 Å². The SMILES string of the molecule is O=C(CC(=O)Nc1ccc(F)cc1)NN=Cc1cccc(Br)c1. The first-order chi connectivity index (χ1) is 11.0. The minimum absolute atomic E-state index is 0.382. The van der Waals surface area contributed by atoms with E-state index in [-0.39, 0.29) is 6.42 Å². The van der Waals surface area contributed by atoms with E-state index in [4.69, 9.17) is 0 Å². The second kappa shape index (κ2) is 8.19. The van der Waals surface area contributed by atoms with Crippen LogP contribution in [0.25, 0.3) is 0 Å². The minimum atomic E-state index is -0.546. The van der Waals surface area contributed by atoms with Crippen molar-refractivity contribution in [2.45, 2.75) is 6.42 Å². The number of carbonyl (C=O) groups excluding carboxylic acids is 2. The van der Waals surface area contributed by atoms with E-state index in [9.17, 15) is 14.0 Å². The monoisotopic (exact) mass is 377 g/mol. The Bertz CT molecular complexity index is 732. The van der Waals surface area contributed by atoms with Crippen molar-refractivity contribution in [2.24, 2.45) is 5.10 Å². The molecule has 2 aromatic rings. The van der Waals surface area contributed by atoms with Gasteiger partial charge in [0.1, 0.15) is 12.2 Å². The summed E-state index contributed by atoms with van der Waals surface area (Å²) in [5.74, 6) is -1.45. The van der Waals surface area contributed by atoms with Crippen LogP contribution in [0, 0.1) is 5.82 Å². The van der Waals surface area contributed by atoms with Crippen LogP contribution >= 0.6 is 15.9 Å². The highest BCUT2D eigenvalue weighted by atomic mass is 79.9. The molecule has 2 amide bonds. The van der Waals surface area contributed by atoms with Crippen molar-refractivity contribution in [3.8, 4) is 0 Å². The van der Waals surface area contributed by atoms with Gasteiger partial charge in [-0.25, -0.2) is 9.82 Å². The van der Waals surface area contributed by atoms with Gasteiger partial charge in [-0.15, -0.1) is 0 Å². The van der Waals surface area contributed by atoms with Gasteiger partial charge in [0.15, 0.2) is 0 Å². The molecule has 0 saturated heterocycles. The first-order valence-electron chi connectivity index (χ1n) is 6.66. The summed E-state index contributed by atoms with van der Waals surface area (Å²) in [6, 6.07) is 12.6. The number of anilines is 1. The number of halogens is 2. The van der Waals surface area contributed by atoms with Crippen molar-refractivity contribution < 1.29 is 14.0 Å². The van der Waals surface area contributed by atoms with E-state index in [1.165, 1.54) is 30.5 Å². The molecule has 0 saturated carbocycles.